The third kappa shape index (κ3) is 3.57. The van der Waals surface area contributed by atoms with E-state index >= 15 is 0 Å². The number of carboxylic acid groups (broad SMARTS) is 1. The van der Waals surface area contributed by atoms with Crippen LogP contribution in [0, 0.1) is 6.92 Å². The number of benzene rings is 1. The maximum Gasteiger partial charge on any atom is 0.357 e. The molecule has 1 amide bonds. The zero-order valence-corrected chi connectivity index (χ0v) is 13.8. The quantitative estimate of drug-likeness (QED) is 0.739. The summed E-state index contributed by atoms with van der Waals surface area (Å²) in [5, 5.41) is 19.8. The molecule has 2 aromatic heterocycles. The molecular weight excluding hydrogens is 322 g/mol. The Balaban J connectivity index is 1.74. The fourth-order valence-electron chi connectivity index (χ4n) is 2.49. The van der Waals surface area contributed by atoms with Crippen LogP contribution >= 0.6 is 0 Å². The Bertz CT molecular complexity index is 941. The van der Waals surface area contributed by atoms with Gasteiger partial charge in [0.15, 0.2) is 5.69 Å². The van der Waals surface area contributed by atoms with Gasteiger partial charge in [0.2, 0.25) is 0 Å². The number of hydrogen-bond acceptors (Lipinski definition) is 4. The van der Waals surface area contributed by atoms with E-state index in [0.717, 1.165) is 11.1 Å². The lowest BCUT2D eigenvalue weighted by Crippen LogP contribution is -2.15. The average Bonchev–Trinajstić information content (AvgIpc) is 3.16. The zero-order valence-electron chi connectivity index (χ0n) is 13.8. The summed E-state index contributed by atoms with van der Waals surface area (Å²) in [5.41, 5.74) is 2.49. The van der Waals surface area contributed by atoms with Crippen molar-refractivity contribution in [2.45, 2.75) is 13.5 Å². The molecule has 128 valence electrons. The average molecular weight is 339 g/mol. The van der Waals surface area contributed by atoms with Crippen LogP contribution in [0.4, 0.5) is 5.69 Å². The number of nitrogens with zero attached hydrogens (tertiary/aromatic N) is 4. The Morgan fingerprint density at radius 1 is 1.24 bits per heavy atom. The maximum atomic E-state index is 12.3. The van der Waals surface area contributed by atoms with Crippen molar-refractivity contribution >= 4 is 17.6 Å². The molecule has 8 heteroatoms. The number of aromatic nitrogens is 4. The molecule has 2 heterocycles. The van der Waals surface area contributed by atoms with Gasteiger partial charge >= 0.3 is 5.97 Å². The number of carbonyl (C=O) groups excluding carboxylic acids is 1. The maximum absolute atomic E-state index is 12.3. The first kappa shape index (κ1) is 16.4. The molecule has 0 spiro atoms. The SMILES string of the molecule is Cc1ccccc1Cn1cc(NC(=O)c2cn(C)nc2C(=O)O)cn1. The molecule has 8 nitrogen and oxygen atoms in total. The van der Waals surface area contributed by atoms with E-state index in [0.29, 0.717) is 12.2 Å². The van der Waals surface area contributed by atoms with E-state index in [1.807, 2.05) is 31.2 Å². The fourth-order valence-corrected chi connectivity index (χ4v) is 2.49. The molecule has 0 fully saturated rings. The van der Waals surface area contributed by atoms with Gasteiger partial charge in [-0.2, -0.15) is 10.2 Å². The molecule has 3 rings (SSSR count). The summed E-state index contributed by atoms with van der Waals surface area (Å²) in [6, 6.07) is 7.98. The summed E-state index contributed by atoms with van der Waals surface area (Å²) in [7, 11) is 1.56. The molecule has 1 aromatic carbocycles. The summed E-state index contributed by atoms with van der Waals surface area (Å²) >= 11 is 0. The predicted molar refractivity (Wildman–Crippen MR) is 90.6 cm³/mol. The lowest BCUT2D eigenvalue weighted by atomic mass is 10.1. The molecule has 25 heavy (non-hydrogen) atoms. The highest BCUT2D eigenvalue weighted by molar-refractivity contribution is 6.09. The Hall–Kier alpha value is -3.42. The molecule has 3 aromatic rings. The van der Waals surface area contributed by atoms with Gasteiger partial charge in [-0.3, -0.25) is 14.2 Å². The molecule has 0 aliphatic heterocycles. The van der Waals surface area contributed by atoms with Crippen LogP contribution in [0.15, 0.2) is 42.9 Å². The van der Waals surface area contributed by atoms with Gasteiger partial charge in [-0.25, -0.2) is 4.79 Å². The number of amides is 1. The second-order valence-electron chi connectivity index (χ2n) is 5.68. The van der Waals surface area contributed by atoms with Crippen LogP contribution in [-0.4, -0.2) is 36.5 Å². The van der Waals surface area contributed by atoms with Gasteiger partial charge in [0.1, 0.15) is 0 Å². The monoisotopic (exact) mass is 339 g/mol. The summed E-state index contributed by atoms with van der Waals surface area (Å²) < 4.78 is 3.00. The Morgan fingerprint density at radius 3 is 2.72 bits per heavy atom. The van der Waals surface area contributed by atoms with E-state index in [1.54, 1.807) is 17.9 Å². The van der Waals surface area contributed by atoms with Crippen LogP contribution in [0.5, 0.6) is 0 Å². The number of carboxylic acids is 1. The summed E-state index contributed by atoms with van der Waals surface area (Å²) in [4.78, 5) is 23.5. The van der Waals surface area contributed by atoms with Gasteiger partial charge in [0.25, 0.3) is 5.91 Å². The predicted octanol–water partition coefficient (Wildman–Crippen LogP) is 1.92. The Labute approximate surface area is 143 Å². The van der Waals surface area contributed by atoms with Crippen molar-refractivity contribution < 1.29 is 14.7 Å². The summed E-state index contributed by atoms with van der Waals surface area (Å²) in [6.07, 6.45) is 4.59. The third-order valence-corrected chi connectivity index (χ3v) is 3.76. The van der Waals surface area contributed by atoms with Crippen LogP contribution in [0.1, 0.15) is 32.0 Å². The molecule has 0 unspecified atom stereocenters. The van der Waals surface area contributed by atoms with E-state index in [2.05, 4.69) is 15.5 Å². The van der Waals surface area contributed by atoms with Crippen molar-refractivity contribution in [3.8, 4) is 0 Å². The molecule has 0 saturated carbocycles. The van der Waals surface area contributed by atoms with Crippen LogP contribution < -0.4 is 5.32 Å². The minimum atomic E-state index is -1.25. The number of carbonyl (C=O) groups is 2. The van der Waals surface area contributed by atoms with Crippen molar-refractivity contribution in [1.82, 2.24) is 19.6 Å². The van der Waals surface area contributed by atoms with Crippen LogP contribution in [0.3, 0.4) is 0 Å². The van der Waals surface area contributed by atoms with Crippen LogP contribution in [0.25, 0.3) is 0 Å². The zero-order chi connectivity index (χ0) is 18.0. The highest BCUT2D eigenvalue weighted by Gasteiger charge is 2.21. The van der Waals surface area contributed by atoms with Gasteiger partial charge in [-0.1, -0.05) is 24.3 Å². The van der Waals surface area contributed by atoms with Crippen molar-refractivity contribution in [2.24, 2.45) is 7.05 Å². The summed E-state index contributed by atoms with van der Waals surface area (Å²) in [5.74, 6) is -1.79. The largest absolute Gasteiger partial charge is 0.476 e. The molecule has 2 N–H and O–H groups in total. The normalized spacial score (nSPS) is 10.6. The Kier molecular flexibility index (Phi) is 4.34. The van der Waals surface area contributed by atoms with E-state index < -0.39 is 11.9 Å². The van der Waals surface area contributed by atoms with Crippen molar-refractivity contribution in [3.63, 3.8) is 0 Å². The molecule has 0 aliphatic rings. The van der Waals surface area contributed by atoms with Gasteiger partial charge in [-0.05, 0) is 18.1 Å². The third-order valence-electron chi connectivity index (χ3n) is 3.76. The number of rotatable bonds is 5. The number of anilines is 1. The molecule has 0 bridgehead atoms. The molecule has 0 radical (unpaired) electrons. The molecular formula is C17H17N5O3. The van der Waals surface area contributed by atoms with E-state index in [9.17, 15) is 9.59 Å². The van der Waals surface area contributed by atoms with Crippen molar-refractivity contribution in [1.29, 1.82) is 0 Å². The van der Waals surface area contributed by atoms with Gasteiger partial charge in [0.05, 0.1) is 24.0 Å². The second-order valence-corrected chi connectivity index (χ2v) is 5.68. The van der Waals surface area contributed by atoms with Gasteiger partial charge in [0, 0.05) is 19.4 Å². The van der Waals surface area contributed by atoms with Gasteiger partial charge in [-0.15, -0.1) is 0 Å². The number of aryl methyl sites for hydroxylation is 2. The lowest BCUT2D eigenvalue weighted by Gasteiger charge is -2.05. The first-order valence-electron chi connectivity index (χ1n) is 7.59. The molecule has 0 saturated heterocycles. The lowest BCUT2D eigenvalue weighted by molar-refractivity contribution is 0.0685. The van der Waals surface area contributed by atoms with E-state index in [4.69, 9.17) is 5.11 Å². The van der Waals surface area contributed by atoms with Crippen LogP contribution in [-0.2, 0) is 13.6 Å². The minimum Gasteiger partial charge on any atom is -0.476 e. The van der Waals surface area contributed by atoms with Crippen molar-refractivity contribution in [2.75, 3.05) is 5.32 Å². The Morgan fingerprint density at radius 2 is 2.00 bits per heavy atom. The number of nitrogens with one attached hydrogen (secondary N) is 1. The number of aromatic carboxylic acids is 1. The highest BCUT2D eigenvalue weighted by atomic mass is 16.4. The van der Waals surface area contributed by atoms with E-state index in [1.165, 1.54) is 17.1 Å². The number of hydrogen-bond donors (Lipinski definition) is 2. The molecule has 0 atom stereocenters. The highest BCUT2D eigenvalue weighted by Crippen LogP contribution is 2.14. The minimum absolute atomic E-state index is 0.00153. The fraction of sp³-hybridized carbons (Fsp3) is 0.176. The first-order chi connectivity index (χ1) is 11.9. The van der Waals surface area contributed by atoms with Crippen molar-refractivity contribution in [3.05, 3.63) is 65.2 Å². The molecule has 0 aliphatic carbocycles. The topological polar surface area (TPSA) is 102 Å². The van der Waals surface area contributed by atoms with Crippen LogP contribution in [0.2, 0.25) is 0 Å². The summed E-state index contributed by atoms with van der Waals surface area (Å²) in [6.45, 7) is 2.60. The smallest absolute Gasteiger partial charge is 0.357 e. The standard InChI is InChI=1S/C17H17N5O3/c1-11-5-3-4-6-12(11)8-22-9-13(7-18-22)19-16(23)14-10-21(2)20-15(14)17(24)25/h3-7,9-10H,8H2,1-2H3,(H,19,23)(H,24,25). The van der Waals surface area contributed by atoms with E-state index in [-0.39, 0.29) is 11.3 Å². The first-order valence-corrected chi connectivity index (χ1v) is 7.59. The van der Waals surface area contributed by atoms with Gasteiger partial charge < -0.3 is 10.4 Å². The second kappa shape index (κ2) is 6.60.